The average Bonchev–Trinajstić information content (AvgIpc) is 2.90. The number of hydrogen-bond donors (Lipinski definition) is 0. The molecule has 0 aliphatic carbocycles. The minimum Gasteiger partial charge on any atom is -0.499 e. The normalized spacial score (nSPS) is 42.6. The Balaban J connectivity index is 1.70. The molecule has 3 saturated heterocycles. The van der Waals surface area contributed by atoms with E-state index in [-0.39, 0.29) is 5.60 Å². The summed E-state index contributed by atoms with van der Waals surface area (Å²) in [6, 6.07) is 0. The van der Waals surface area contributed by atoms with Crippen molar-refractivity contribution in [2.24, 2.45) is 5.92 Å². The molecule has 2 bridgehead atoms. The van der Waals surface area contributed by atoms with Crippen molar-refractivity contribution in [2.45, 2.75) is 35.9 Å². The van der Waals surface area contributed by atoms with Gasteiger partial charge in [-0.1, -0.05) is 6.58 Å². The van der Waals surface area contributed by atoms with E-state index in [1.807, 2.05) is 18.7 Å². The van der Waals surface area contributed by atoms with E-state index in [9.17, 15) is 4.79 Å². The van der Waals surface area contributed by atoms with Crippen molar-refractivity contribution >= 4 is 17.9 Å². The Morgan fingerprint density at radius 2 is 2.53 bits per heavy atom. The molecule has 0 amide bonds. The first kappa shape index (κ1) is 11.3. The van der Waals surface area contributed by atoms with Gasteiger partial charge in [-0.3, -0.25) is 0 Å². The van der Waals surface area contributed by atoms with E-state index in [0.29, 0.717) is 29.6 Å². The summed E-state index contributed by atoms with van der Waals surface area (Å²) in [5.74, 6) is 1.18. The summed E-state index contributed by atoms with van der Waals surface area (Å²) in [7, 11) is 0. The maximum absolute atomic E-state index is 11.2. The monoisotopic (exact) mass is 256 g/mol. The lowest BCUT2D eigenvalue weighted by molar-refractivity contribution is 0.0130. The van der Waals surface area contributed by atoms with E-state index < -0.39 is 6.16 Å². The highest BCUT2D eigenvalue weighted by molar-refractivity contribution is 8.01. The largest absolute Gasteiger partial charge is 0.509 e. The van der Waals surface area contributed by atoms with Gasteiger partial charge in [-0.25, -0.2) is 4.79 Å². The molecular weight excluding hydrogens is 240 g/mol. The van der Waals surface area contributed by atoms with E-state index in [4.69, 9.17) is 14.2 Å². The number of thioether (sulfide) groups is 1. The molecule has 3 heterocycles. The molecule has 4 atom stereocenters. The number of hydrogen-bond acceptors (Lipinski definition) is 5. The van der Waals surface area contributed by atoms with Crippen LogP contribution < -0.4 is 0 Å². The average molecular weight is 256 g/mol. The molecule has 3 fully saturated rings. The summed E-state index contributed by atoms with van der Waals surface area (Å²) >= 11 is 1.92. The van der Waals surface area contributed by atoms with Gasteiger partial charge in [-0.15, -0.1) is 0 Å². The predicted octanol–water partition coefficient (Wildman–Crippen LogP) is 2.34. The van der Waals surface area contributed by atoms with Crippen molar-refractivity contribution in [3.63, 3.8) is 0 Å². The summed E-state index contributed by atoms with van der Waals surface area (Å²) in [4.78, 5) is 11.2. The summed E-state index contributed by atoms with van der Waals surface area (Å²) in [6.07, 6.45) is 1.55. The SMILES string of the molecule is C=C(C)OCC1CC2CC3(COC(=O)O3)C1S2. The Kier molecular flexibility index (Phi) is 2.54. The van der Waals surface area contributed by atoms with E-state index >= 15 is 0 Å². The lowest BCUT2D eigenvalue weighted by atomic mass is 9.79. The third-order valence-electron chi connectivity index (χ3n) is 3.69. The number of rotatable bonds is 3. The van der Waals surface area contributed by atoms with Crippen molar-refractivity contribution in [1.29, 1.82) is 0 Å². The molecule has 0 N–H and O–H groups in total. The molecule has 4 unspecified atom stereocenters. The topological polar surface area (TPSA) is 44.8 Å². The third kappa shape index (κ3) is 1.80. The second kappa shape index (κ2) is 3.83. The molecule has 5 heteroatoms. The third-order valence-corrected chi connectivity index (χ3v) is 5.54. The summed E-state index contributed by atoms with van der Waals surface area (Å²) < 4.78 is 15.9. The minimum absolute atomic E-state index is 0.318. The van der Waals surface area contributed by atoms with Crippen LogP contribution in [0.3, 0.4) is 0 Å². The number of fused-ring (bicyclic) bond motifs is 3. The second-order valence-electron chi connectivity index (χ2n) is 5.10. The van der Waals surface area contributed by atoms with Crippen LogP contribution in [0.1, 0.15) is 19.8 Å². The highest BCUT2D eigenvalue weighted by Gasteiger charge is 2.62. The van der Waals surface area contributed by atoms with Crippen LogP contribution in [0.25, 0.3) is 0 Å². The van der Waals surface area contributed by atoms with E-state index in [0.717, 1.165) is 18.6 Å². The van der Waals surface area contributed by atoms with Crippen LogP contribution in [0, 0.1) is 5.92 Å². The highest BCUT2D eigenvalue weighted by atomic mass is 32.2. The van der Waals surface area contributed by atoms with Gasteiger partial charge in [0.25, 0.3) is 0 Å². The molecule has 3 rings (SSSR count). The quantitative estimate of drug-likeness (QED) is 0.573. The fourth-order valence-electron chi connectivity index (χ4n) is 3.07. The Labute approximate surface area is 105 Å². The van der Waals surface area contributed by atoms with Crippen molar-refractivity contribution in [3.05, 3.63) is 12.3 Å². The Morgan fingerprint density at radius 1 is 1.71 bits per heavy atom. The van der Waals surface area contributed by atoms with Gasteiger partial charge in [-0.2, -0.15) is 11.8 Å². The summed E-state index contributed by atoms with van der Waals surface area (Å²) in [5.41, 5.74) is -0.381. The van der Waals surface area contributed by atoms with Crippen LogP contribution in [0.15, 0.2) is 12.3 Å². The fraction of sp³-hybridized carbons (Fsp3) is 0.750. The van der Waals surface area contributed by atoms with Crippen LogP contribution in [0.5, 0.6) is 0 Å². The minimum atomic E-state index is -0.516. The van der Waals surface area contributed by atoms with Gasteiger partial charge in [0.15, 0.2) is 5.60 Å². The zero-order valence-electron chi connectivity index (χ0n) is 9.81. The predicted molar refractivity (Wildman–Crippen MR) is 63.8 cm³/mol. The van der Waals surface area contributed by atoms with Gasteiger partial charge < -0.3 is 14.2 Å². The number of ether oxygens (including phenoxy) is 3. The zero-order chi connectivity index (χ0) is 12.0. The Morgan fingerprint density at radius 3 is 3.12 bits per heavy atom. The van der Waals surface area contributed by atoms with Gasteiger partial charge in [0.2, 0.25) is 0 Å². The number of carbonyl (C=O) groups is 1. The first-order valence-electron chi connectivity index (χ1n) is 5.89. The lowest BCUT2D eigenvalue weighted by Crippen LogP contribution is -2.46. The van der Waals surface area contributed by atoms with Crippen molar-refractivity contribution in [3.8, 4) is 0 Å². The molecule has 0 radical (unpaired) electrons. The van der Waals surface area contributed by atoms with E-state index in [2.05, 4.69) is 6.58 Å². The molecule has 1 spiro atoms. The number of cyclic esters (lactones) is 1. The van der Waals surface area contributed by atoms with Crippen LogP contribution in [0.4, 0.5) is 4.79 Å². The van der Waals surface area contributed by atoms with Crippen LogP contribution in [-0.4, -0.2) is 35.5 Å². The highest BCUT2D eigenvalue weighted by Crippen LogP contribution is 2.57. The van der Waals surface area contributed by atoms with E-state index in [1.165, 1.54) is 0 Å². The van der Waals surface area contributed by atoms with Gasteiger partial charge in [0, 0.05) is 17.6 Å². The zero-order valence-corrected chi connectivity index (χ0v) is 10.6. The van der Waals surface area contributed by atoms with Crippen molar-refractivity contribution in [1.82, 2.24) is 0 Å². The molecule has 0 aromatic rings. The maximum Gasteiger partial charge on any atom is 0.509 e. The second-order valence-corrected chi connectivity index (χ2v) is 6.54. The maximum atomic E-state index is 11.2. The van der Waals surface area contributed by atoms with E-state index in [1.54, 1.807) is 0 Å². The molecule has 4 nitrogen and oxygen atoms in total. The lowest BCUT2D eigenvalue weighted by Gasteiger charge is -2.33. The molecule has 0 aromatic carbocycles. The molecule has 17 heavy (non-hydrogen) atoms. The first-order valence-corrected chi connectivity index (χ1v) is 6.83. The number of carbonyl (C=O) groups excluding carboxylic acids is 1. The smallest absolute Gasteiger partial charge is 0.499 e. The van der Waals surface area contributed by atoms with Gasteiger partial charge in [0.1, 0.15) is 6.61 Å². The molecule has 3 aliphatic heterocycles. The molecular formula is C12H16O4S. The van der Waals surface area contributed by atoms with Gasteiger partial charge in [0.05, 0.1) is 17.6 Å². The van der Waals surface area contributed by atoms with Crippen LogP contribution in [0.2, 0.25) is 0 Å². The molecule has 0 aromatic heterocycles. The Bertz CT molecular complexity index is 370. The van der Waals surface area contributed by atoms with Crippen LogP contribution in [-0.2, 0) is 14.2 Å². The summed E-state index contributed by atoms with van der Waals surface area (Å²) in [5, 5.41) is 0.895. The fourth-order valence-corrected chi connectivity index (χ4v) is 5.10. The first-order chi connectivity index (χ1) is 8.09. The number of allylic oxidation sites excluding steroid dienone is 1. The van der Waals surface area contributed by atoms with Crippen LogP contribution >= 0.6 is 11.8 Å². The molecule has 94 valence electrons. The Hall–Kier alpha value is -0.840. The van der Waals surface area contributed by atoms with Crippen molar-refractivity contribution < 1.29 is 19.0 Å². The summed E-state index contributed by atoms with van der Waals surface area (Å²) in [6.45, 7) is 6.67. The standard InChI is InChI=1S/C12H16O4S/c1-7(2)14-5-8-3-9-4-12(10(8)17-9)6-15-11(13)16-12/h8-10H,1,3-6H2,2H3. The van der Waals surface area contributed by atoms with Crippen molar-refractivity contribution in [2.75, 3.05) is 13.2 Å². The van der Waals surface area contributed by atoms with Gasteiger partial charge >= 0.3 is 6.16 Å². The molecule has 3 aliphatic rings. The molecule has 0 saturated carbocycles. The van der Waals surface area contributed by atoms with Gasteiger partial charge in [-0.05, 0) is 13.3 Å².